The van der Waals surface area contributed by atoms with Gasteiger partial charge in [0.15, 0.2) is 0 Å². The Bertz CT molecular complexity index is 554. The van der Waals surface area contributed by atoms with Gasteiger partial charge in [-0.05, 0) is 37.1 Å². The number of halogens is 2. The molecule has 0 saturated carbocycles. The maximum Gasteiger partial charge on any atom is 0.125 e. The lowest BCUT2D eigenvalue weighted by Gasteiger charge is -2.27. The molecule has 1 aliphatic rings. The van der Waals surface area contributed by atoms with Crippen LogP contribution in [0, 0.1) is 11.2 Å². The number of hydrogen-bond acceptors (Lipinski definition) is 3. The first-order valence-electron chi connectivity index (χ1n) is 6.78. The minimum atomic E-state index is -0.467. The van der Waals surface area contributed by atoms with Gasteiger partial charge in [0.1, 0.15) is 5.82 Å². The highest BCUT2D eigenvalue weighted by molar-refractivity contribution is 6.34. The van der Waals surface area contributed by atoms with Gasteiger partial charge in [-0.25, -0.2) is 4.39 Å². The van der Waals surface area contributed by atoms with Crippen molar-refractivity contribution >= 4 is 23.0 Å². The summed E-state index contributed by atoms with van der Waals surface area (Å²) in [5.74, 6) is -0.467. The molecule has 0 aromatic heterocycles. The molecule has 0 atom stereocenters. The lowest BCUT2D eigenvalue weighted by molar-refractivity contribution is 0.295. The summed E-state index contributed by atoms with van der Waals surface area (Å²) in [5, 5.41) is 8.44. The molecular formula is C15H19ClFN3. The first-order valence-corrected chi connectivity index (χ1v) is 7.16. The molecule has 0 amide bonds. The summed E-state index contributed by atoms with van der Waals surface area (Å²) >= 11 is 5.89. The summed E-state index contributed by atoms with van der Waals surface area (Å²) in [6, 6.07) is 2.45. The number of anilines is 1. The second-order valence-corrected chi connectivity index (χ2v) is 5.43. The van der Waals surface area contributed by atoms with Crippen LogP contribution in [0.5, 0.6) is 0 Å². The van der Waals surface area contributed by atoms with Crippen molar-refractivity contribution in [3.05, 3.63) is 40.2 Å². The van der Waals surface area contributed by atoms with Crippen molar-refractivity contribution in [2.45, 2.75) is 19.8 Å². The molecule has 20 heavy (non-hydrogen) atoms. The van der Waals surface area contributed by atoms with Crippen LogP contribution in [0.1, 0.15) is 25.3 Å². The molecule has 0 fully saturated rings. The second kappa shape index (κ2) is 6.37. The van der Waals surface area contributed by atoms with Crippen LogP contribution in [-0.4, -0.2) is 30.2 Å². The topological polar surface area (TPSA) is 53.1 Å². The van der Waals surface area contributed by atoms with E-state index in [-0.39, 0.29) is 16.4 Å². The minimum absolute atomic E-state index is 0.159. The molecule has 1 aromatic carbocycles. The van der Waals surface area contributed by atoms with Crippen molar-refractivity contribution in [1.82, 2.24) is 4.90 Å². The van der Waals surface area contributed by atoms with Gasteiger partial charge in [0.25, 0.3) is 0 Å². The zero-order valence-electron chi connectivity index (χ0n) is 11.5. The van der Waals surface area contributed by atoms with Crippen LogP contribution >= 0.6 is 11.6 Å². The van der Waals surface area contributed by atoms with Crippen LogP contribution in [-0.2, 0) is 0 Å². The van der Waals surface area contributed by atoms with Crippen LogP contribution in [0.4, 0.5) is 10.1 Å². The van der Waals surface area contributed by atoms with Crippen molar-refractivity contribution in [3.8, 4) is 0 Å². The van der Waals surface area contributed by atoms with E-state index in [2.05, 4.69) is 11.8 Å². The van der Waals surface area contributed by atoms with Gasteiger partial charge in [0.2, 0.25) is 0 Å². The third-order valence-corrected chi connectivity index (χ3v) is 3.77. The van der Waals surface area contributed by atoms with Gasteiger partial charge in [0.05, 0.1) is 16.4 Å². The van der Waals surface area contributed by atoms with E-state index in [0.717, 1.165) is 31.5 Å². The standard InChI is InChI=1S/C15H19ClFN3/c1-2-5-20-6-3-4-10(9-20)14(18)12-7-11(17)8-13(16)15(12)19/h4,7-8,18H,2-3,5-6,9,19H2,1H3. The molecule has 0 saturated heterocycles. The van der Waals surface area contributed by atoms with Gasteiger partial charge in [-0.15, -0.1) is 0 Å². The number of rotatable bonds is 4. The van der Waals surface area contributed by atoms with Crippen LogP contribution in [0.3, 0.4) is 0 Å². The van der Waals surface area contributed by atoms with Crippen molar-refractivity contribution in [2.24, 2.45) is 0 Å². The summed E-state index contributed by atoms with van der Waals surface area (Å²) in [6.07, 6.45) is 4.02. The quantitative estimate of drug-likeness (QED) is 0.660. The molecule has 3 N–H and O–H groups in total. The third kappa shape index (κ3) is 3.19. The molecule has 0 radical (unpaired) electrons. The molecule has 0 unspecified atom stereocenters. The molecule has 3 nitrogen and oxygen atoms in total. The van der Waals surface area contributed by atoms with Crippen molar-refractivity contribution < 1.29 is 4.39 Å². The summed E-state index contributed by atoms with van der Waals surface area (Å²) in [6.45, 7) is 4.85. The molecule has 0 spiro atoms. The average Bonchev–Trinajstić information content (AvgIpc) is 2.43. The molecule has 1 aliphatic heterocycles. The van der Waals surface area contributed by atoms with Gasteiger partial charge in [-0.1, -0.05) is 24.6 Å². The molecule has 0 aliphatic carbocycles. The monoisotopic (exact) mass is 295 g/mol. The van der Waals surface area contributed by atoms with Crippen molar-refractivity contribution in [3.63, 3.8) is 0 Å². The Morgan fingerprint density at radius 2 is 2.25 bits per heavy atom. The van der Waals surface area contributed by atoms with Crippen molar-refractivity contribution in [1.29, 1.82) is 5.41 Å². The lowest BCUT2D eigenvalue weighted by atomic mass is 9.97. The zero-order valence-corrected chi connectivity index (χ0v) is 12.3. The van der Waals surface area contributed by atoms with Gasteiger partial charge in [-0.3, -0.25) is 10.3 Å². The van der Waals surface area contributed by atoms with E-state index in [1.54, 1.807) is 0 Å². The van der Waals surface area contributed by atoms with Crippen LogP contribution in [0.15, 0.2) is 23.8 Å². The molecule has 5 heteroatoms. The van der Waals surface area contributed by atoms with E-state index in [1.165, 1.54) is 12.1 Å². The predicted octanol–water partition coefficient (Wildman–Crippen LogP) is 3.47. The first-order chi connectivity index (χ1) is 9.52. The zero-order chi connectivity index (χ0) is 14.7. The fourth-order valence-electron chi connectivity index (χ4n) is 2.46. The molecule has 0 bridgehead atoms. The number of nitrogens with two attached hydrogens (primary N) is 1. The maximum atomic E-state index is 13.5. The Labute approximate surface area is 123 Å². The number of nitrogen functional groups attached to an aromatic ring is 1. The van der Waals surface area contributed by atoms with Gasteiger partial charge < -0.3 is 5.73 Å². The normalized spacial score (nSPS) is 16.1. The smallest absolute Gasteiger partial charge is 0.125 e. The van der Waals surface area contributed by atoms with Gasteiger partial charge in [0, 0.05) is 18.7 Å². The number of benzene rings is 1. The largest absolute Gasteiger partial charge is 0.397 e. The highest BCUT2D eigenvalue weighted by Gasteiger charge is 2.19. The fourth-order valence-corrected chi connectivity index (χ4v) is 2.66. The van der Waals surface area contributed by atoms with E-state index in [4.69, 9.17) is 22.7 Å². The SMILES string of the molecule is CCCN1CCC=C(C(=N)c2cc(F)cc(Cl)c2N)C1. The van der Waals surface area contributed by atoms with Crippen molar-refractivity contribution in [2.75, 3.05) is 25.4 Å². The van der Waals surface area contributed by atoms with Gasteiger partial charge >= 0.3 is 0 Å². The first kappa shape index (κ1) is 15.0. The Kier molecular flexibility index (Phi) is 4.78. The van der Waals surface area contributed by atoms with Crippen LogP contribution < -0.4 is 5.73 Å². The fraction of sp³-hybridized carbons (Fsp3) is 0.400. The van der Waals surface area contributed by atoms with E-state index >= 15 is 0 Å². The Morgan fingerprint density at radius 3 is 2.95 bits per heavy atom. The lowest BCUT2D eigenvalue weighted by Crippen LogP contribution is -2.33. The second-order valence-electron chi connectivity index (χ2n) is 5.02. The van der Waals surface area contributed by atoms with E-state index in [9.17, 15) is 4.39 Å². The molecule has 1 heterocycles. The molecule has 108 valence electrons. The predicted molar refractivity (Wildman–Crippen MR) is 82.1 cm³/mol. The molecule has 2 rings (SSSR count). The van der Waals surface area contributed by atoms with Gasteiger partial charge in [-0.2, -0.15) is 0 Å². The van der Waals surface area contributed by atoms with E-state index in [0.29, 0.717) is 12.1 Å². The highest BCUT2D eigenvalue weighted by Crippen LogP contribution is 2.27. The Hall–Kier alpha value is -1.39. The Morgan fingerprint density at radius 1 is 1.50 bits per heavy atom. The number of hydrogen-bond donors (Lipinski definition) is 2. The Balaban J connectivity index is 2.26. The highest BCUT2D eigenvalue weighted by atomic mass is 35.5. The molecule has 1 aromatic rings. The number of nitrogens with zero attached hydrogens (tertiary/aromatic N) is 1. The summed E-state index contributed by atoms with van der Waals surface area (Å²) < 4.78 is 13.5. The minimum Gasteiger partial charge on any atom is -0.397 e. The van der Waals surface area contributed by atoms with E-state index in [1.807, 2.05) is 6.08 Å². The maximum absolute atomic E-state index is 13.5. The summed E-state index contributed by atoms with van der Waals surface area (Å²) in [5.41, 5.74) is 7.67. The summed E-state index contributed by atoms with van der Waals surface area (Å²) in [7, 11) is 0. The average molecular weight is 296 g/mol. The summed E-state index contributed by atoms with van der Waals surface area (Å²) in [4.78, 5) is 2.29. The van der Waals surface area contributed by atoms with Crippen LogP contribution in [0.2, 0.25) is 5.02 Å². The van der Waals surface area contributed by atoms with E-state index < -0.39 is 5.82 Å². The van der Waals surface area contributed by atoms with Crippen LogP contribution in [0.25, 0.3) is 0 Å². The number of nitrogens with one attached hydrogen (secondary N) is 1. The third-order valence-electron chi connectivity index (χ3n) is 3.45. The molecular weight excluding hydrogens is 277 g/mol.